The molecule has 30 heavy (non-hydrogen) atoms. The molecule has 0 aliphatic carbocycles. The quantitative estimate of drug-likeness (QED) is 0.436. The largest absolute Gasteiger partial charge is 0.336 e. The van der Waals surface area contributed by atoms with Crippen molar-refractivity contribution in [1.29, 1.82) is 0 Å². The van der Waals surface area contributed by atoms with Gasteiger partial charge in [-0.2, -0.15) is 10.2 Å². The van der Waals surface area contributed by atoms with Crippen LogP contribution in [0.3, 0.4) is 0 Å². The molecule has 0 aliphatic heterocycles. The van der Waals surface area contributed by atoms with Gasteiger partial charge in [0.25, 0.3) is 12.3 Å². The lowest BCUT2D eigenvalue weighted by atomic mass is 10.1. The lowest BCUT2D eigenvalue weighted by molar-refractivity contribution is 0.0783. The lowest BCUT2D eigenvalue weighted by Crippen LogP contribution is -2.27. The minimum absolute atomic E-state index is 0.0903. The van der Waals surface area contributed by atoms with Gasteiger partial charge in [0.15, 0.2) is 5.65 Å². The molecule has 0 radical (unpaired) electrons. The molecule has 0 aliphatic rings. The zero-order chi connectivity index (χ0) is 21.4. The summed E-state index contributed by atoms with van der Waals surface area (Å²) in [5.74, 6) is -0.379. The van der Waals surface area contributed by atoms with E-state index in [9.17, 15) is 13.6 Å². The molecule has 1 aromatic carbocycles. The van der Waals surface area contributed by atoms with E-state index in [0.717, 1.165) is 14.7 Å². The fourth-order valence-electron chi connectivity index (χ4n) is 3.17. The summed E-state index contributed by atoms with van der Waals surface area (Å²) in [6.07, 6.45) is 0.148. The van der Waals surface area contributed by atoms with Gasteiger partial charge >= 0.3 is 0 Å². The Morgan fingerprint density at radius 3 is 2.57 bits per heavy atom. The van der Waals surface area contributed by atoms with Gasteiger partial charge in [-0.25, -0.2) is 18.3 Å². The minimum Gasteiger partial charge on any atom is -0.336 e. The van der Waals surface area contributed by atoms with Gasteiger partial charge in [0.1, 0.15) is 11.3 Å². The fourth-order valence-corrected chi connectivity index (χ4v) is 3.64. The van der Waals surface area contributed by atoms with Crippen molar-refractivity contribution in [3.63, 3.8) is 0 Å². The van der Waals surface area contributed by atoms with Crippen molar-refractivity contribution in [1.82, 2.24) is 29.3 Å². The summed E-state index contributed by atoms with van der Waals surface area (Å²) in [6.45, 7) is 0.271. The van der Waals surface area contributed by atoms with Crippen molar-refractivity contribution in [3.05, 3.63) is 70.2 Å². The van der Waals surface area contributed by atoms with Crippen LogP contribution in [-0.4, -0.2) is 42.2 Å². The molecule has 0 N–H and O–H groups in total. The third-order valence-corrected chi connectivity index (χ3v) is 5.43. The van der Waals surface area contributed by atoms with Crippen LogP contribution in [0.4, 0.5) is 8.78 Å². The average Bonchev–Trinajstić information content (AvgIpc) is 3.31. The number of hydrogen-bond acceptors (Lipinski definition) is 4. The van der Waals surface area contributed by atoms with Crippen LogP contribution in [0.25, 0.3) is 16.9 Å². The standard InChI is InChI=1S/C20H17BrF2N6O/c1-27(11-17-14(21)10-24-28(17)2)20(30)13-9-25-29-16(18(22)23)8-15(26-19(13)29)12-6-4-3-5-7-12/h3-10,18H,11H2,1-2H3. The third kappa shape index (κ3) is 3.58. The van der Waals surface area contributed by atoms with Crippen LogP contribution in [0.1, 0.15) is 28.2 Å². The molecule has 0 fully saturated rings. The number of amides is 1. The highest BCUT2D eigenvalue weighted by atomic mass is 79.9. The Labute approximate surface area is 179 Å². The summed E-state index contributed by atoms with van der Waals surface area (Å²) in [5, 5.41) is 8.15. The number of alkyl halides is 2. The Hall–Kier alpha value is -3.14. The van der Waals surface area contributed by atoms with E-state index in [-0.39, 0.29) is 29.4 Å². The molecule has 0 saturated heterocycles. The third-order valence-electron chi connectivity index (χ3n) is 4.77. The van der Waals surface area contributed by atoms with Crippen LogP contribution in [0.5, 0.6) is 0 Å². The van der Waals surface area contributed by atoms with Crippen molar-refractivity contribution in [2.45, 2.75) is 13.0 Å². The zero-order valence-corrected chi connectivity index (χ0v) is 17.7. The molecule has 0 saturated carbocycles. The number of aromatic nitrogens is 5. The summed E-state index contributed by atoms with van der Waals surface area (Å²) in [5.41, 5.74) is 1.74. The normalized spacial score (nSPS) is 11.4. The van der Waals surface area contributed by atoms with E-state index in [1.54, 1.807) is 49.2 Å². The first-order chi connectivity index (χ1) is 14.4. The van der Waals surface area contributed by atoms with Crippen LogP contribution in [0, 0.1) is 0 Å². The monoisotopic (exact) mass is 474 g/mol. The number of aryl methyl sites for hydroxylation is 1. The maximum atomic E-state index is 13.7. The van der Waals surface area contributed by atoms with E-state index >= 15 is 0 Å². The fraction of sp³-hybridized carbons (Fsp3) is 0.200. The molecule has 3 heterocycles. The summed E-state index contributed by atoms with van der Waals surface area (Å²) in [6, 6.07) is 10.3. The summed E-state index contributed by atoms with van der Waals surface area (Å²) in [7, 11) is 3.40. The Bertz CT molecular complexity index is 1200. The Balaban J connectivity index is 1.77. The average molecular weight is 475 g/mol. The molecular weight excluding hydrogens is 458 g/mol. The van der Waals surface area contributed by atoms with Crippen LogP contribution < -0.4 is 0 Å². The predicted molar refractivity (Wildman–Crippen MR) is 110 cm³/mol. The van der Waals surface area contributed by atoms with Gasteiger partial charge in [-0.05, 0) is 22.0 Å². The van der Waals surface area contributed by atoms with E-state index in [4.69, 9.17) is 0 Å². The van der Waals surface area contributed by atoms with Crippen molar-refractivity contribution < 1.29 is 13.6 Å². The molecule has 0 spiro atoms. The van der Waals surface area contributed by atoms with E-state index in [1.165, 1.54) is 17.2 Å². The number of carbonyl (C=O) groups excluding carboxylic acids is 1. The maximum Gasteiger partial charge on any atom is 0.280 e. The number of halogens is 3. The minimum atomic E-state index is -2.77. The van der Waals surface area contributed by atoms with Crippen molar-refractivity contribution in [2.75, 3.05) is 7.05 Å². The molecule has 0 atom stereocenters. The SMILES string of the molecule is CN(Cc1c(Br)cnn1C)C(=O)c1cnn2c(C(F)F)cc(-c3ccccc3)nc12. The highest BCUT2D eigenvalue weighted by Crippen LogP contribution is 2.27. The molecule has 0 unspecified atom stereocenters. The van der Waals surface area contributed by atoms with Gasteiger partial charge in [-0.1, -0.05) is 30.3 Å². The summed E-state index contributed by atoms with van der Waals surface area (Å²) < 4.78 is 30.9. The Kier molecular flexibility index (Phi) is 5.33. The molecule has 10 heteroatoms. The predicted octanol–water partition coefficient (Wildman–Crippen LogP) is 4.10. The highest BCUT2D eigenvalue weighted by Gasteiger charge is 2.24. The second-order valence-electron chi connectivity index (χ2n) is 6.75. The van der Waals surface area contributed by atoms with E-state index in [0.29, 0.717) is 11.3 Å². The van der Waals surface area contributed by atoms with Gasteiger partial charge < -0.3 is 4.90 Å². The van der Waals surface area contributed by atoms with Gasteiger partial charge in [0.2, 0.25) is 0 Å². The van der Waals surface area contributed by atoms with Crippen molar-refractivity contribution in [3.8, 4) is 11.3 Å². The Morgan fingerprint density at radius 2 is 1.93 bits per heavy atom. The van der Waals surface area contributed by atoms with E-state index in [1.807, 2.05) is 6.07 Å². The van der Waals surface area contributed by atoms with Gasteiger partial charge in [-0.15, -0.1) is 0 Å². The highest BCUT2D eigenvalue weighted by molar-refractivity contribution is 9.10. The number of hydrogen-bond donors (Lipinski definition) is 0. The first kappa shape index (κ1) is 20.1. The lowest BCUT2D eigenvalue weighted by Gasteiger charge is -2.17. The van der Waals surface area contributed by atoms with Gasteiger partial charge in [0, 0.05) is 19.7 Å². The van der Waals surface area contributed by atoms with Crippen LogP contribution in [0.15, 0.2) is 53.3 Å². The summed E-state index contributed by atoms with van der Waals surface area (Å²) >= 11 is 3.41. The molecule has 7 nitrogen and oxygen atoms in total. The zero-order valence-electron chi connectivity index (χ0n) is 16.1. The molecule has 0 bridgehead atoms. The summed E-state index contributed by atoms with van der Waals surface area (Å²) in [4.78, 5) is 19.0. The van der Waals surface area contributed by atoms with E-state index in [2.05, 4.69) is 31.1 Å². The second-order valence-corrected chi connectivity index (χ2v) is 7.60. The first-order valence-corrected chi connectivity index (χ1v) is 9.80. The van der Waals surface area contributed by atoms with Crippen LogP contribution in [0.2, 0.25) is 0 Å². The number of nitrogens with zero attached hydrogens (tertiary/aromatic N) is 6. The maximum absolute atomic E-state index is 13.7. The molecular formula is C20H17BrF2N6O. The molecule has 3 aromatic heterocycles. The van der Waals surface area contributed by atoms with Crippen molar-refractivity contribution >= 4 is 27.5 Å². The van der Waals surface area contributed by atoms with Crippen LogP contribution in [-0.2, 0) is 13.6 Å². The molecule has 4 aromatic rings. The van der Waals surface area contributed by atoms with E-state index < -0.39 is 6.43 Å². The van der Waals surface area contributed by atoms with Crippen LogP contribution >= 0.6 is 15.9 Å². The molecule has 154 valence electrons. The second kappa shape index (κ2) is 7.94. The topological polar surface area (TPSA) is 68.3 Å². The number of rotatable bonds is 5. The first-order valence-electron chi connectivity index (χ1n) is 9.01. The number of fused-ring (bicyclic) bond motifs is 1. The van der Waals surface area contributed by atoms with Gasteiger partial charge in [-0.3, -0.25) is 9.48 Å². The smallest absolute Gasteiger partial charge is 0.280 e. The molecule has 4 rings (SSSR count). The molecule has 1 amide bonds. The number of benzene rings is 1. The van der Waals surface area contributed by atoms with Crippen molar-refractivity contribution in [2.24, 2.45) is 7.05 Å². The number of carbonyl (C=O) groups is 1. The Morgan fingerprint density at radius 1 is 1.20 bits per heavy atom. The van der Waals surface area contributed by atoms with Gasteiger partial charge in [0.05, 0.1) is 34.8 Å².